The predicted octanol–water partition coefficient (Wildman–Crippen LogP) is 2.29. The van der Waals surface area contributed by atoms with E-state index in [1.807, 2.05) is 17.8 Å². The molecular weight excluding hydrogens is 188 g/mol. The Morgan fingerprint density at radius 1 is 1.33 bits per heavy atom. The third-order valence-electron chi connectivity index (χ3n) is 2.84. The molecule has 0 bridgehead atoms. The van der Waals surface area contributed by atoms with E-state index in [9.17, 15) is 5.11 Å². The zero-order valence-corrected chi connectivity index (χ0v) is 10.0. The van der Waals surface area contributed by atoms with Gasteiger partial charge in [-0.3, -0.25) is 0 Å². The summed E-state index contributed by atoms with van der Waals surface area (Å²) in [5.41, 5.74) is -0.567. The minimum atomic E-state index is -0.567. The lowest BCUT2D eigenvalue weighted by atomic mass is 9.89. The van der Waals surface area contributed by atoms with Gasteiger partial charge in [-0.1, -0.05) is 26.7 Å². The van der Waals surface area contributed by atoms with E-state index in [1.54, 1.807) is 6.20 Å². The predicted molar refractivity (Wildman–Crippen MR) is 61.7 cm³/mol. The molecule has 0 spiro atoms. The normalized spacial score (nSPS) is 12.0. The molecule has 0 amide bonds. The van der Waals surface area contributed by atoms with Crippen LogP contribution in [-0.2, 0) is 13.5 Å². The molecule has 0 saturated carbocycles. The lowest BCUT2D eigenvalue weighted by Gasteiger charge is -2.27. The molecule has 0 aliphatic heterocycles. The standard InChI is InChI=1S/C12H22N2O/c1-4-6-12(15,7-5-2)10-11-13-8-9-14(11)3/h8-9,15H,4-7,10H2,1-3H3. The van der Waals surface area contributed by atoms with Gasteiger partial charge >= 0.3 is 0 Å². The van der Waals surface area contributed by atoms with Crippen molar-refractivity contribution in [2.24, 2.45) is 7.05 Å². The molecule has 0 aromatic carbocycles. The molecule has 86 valence electrons. The SMILES string of the molecule is CCCC(O)(CCC)Cc1nccn1C. The number of imidazole rings is 1. The maximum Gasteiger partial charge on any atom is 0.111 e. The van der Waals surface area contributed by atoms with Crippen LogP contribution < -0.4 is 0 Å². The van der Waals surface area contributed by atoms with Crippen LogP contribution in [0.25, 0.3) is 0 Å². The Hall–Kier alpha value is -0.830. The minimum absolute atomic E-state index is 0.567. The van der Waals surface area contributed by atoms with E-state index in [0.717, 1.165) is 31.5 Å². The number of hydrogen-bond acceptors (Lipinski definition) is 2. The molecule has 3 nitrogen and oxygen atoms in total. The van der Waals surface area contributed by atoms with Crippen LogP contribution in [0.5, 0.6) is 0 Å². The fourth-order valence-corrected chi connectivity index (χ4v) is 2.09. The van der Waals surface area contributed by atoms with Gasteiger partial charge < -0.3 is 9.67 Å². The number of rotatable bonds is 6. The third-order valence-corrected chi connectivity index (χ3v) is 2.84. The first kappa shape index (κ1) is 12.2. The van der Waals surface area contributed by atoms with Gasteiger partial charge in [0.2, 0.25) is 0 Å². The molecule has 0 aliphatic rings. The second-order valence-electron chi connectivity index (χ2n) is 4.36. The molecule has 0 unspecified atom stereocenters. The van der Waals surface area contributed by atoms with Crippen molar-refractivity contribution in [2.45, 2.75) is 51.6 Å². The van der Waals surface area contributed by atoms with E-state index in [4.69, 9.17) is 0 Å². The summed E-state index contributed by atoms with van der Waals surface area (Å²) in [6.07, 6.45) is 8.11. The van der Waals surface area contributed by atoms with Gasteiger partial charge in [0.15, 0.2) is 0 Å². The largest absolute Gasteiger partial charge is 0.389 e. The van der Waals surface area contributed by atoms with Crippen LogP contribution in [0.3, 0.4) is 0 Å². The lowest BCUT2D eigenvalue weighted by molar-refractivity contribution is 0.0192. The van der Waals surface area contributed by atoms with Gasteiger partial charge in [-0.15, -0.1) is 0 Å². The highest BCUT2D eigenvalue weighted by molar-refractivity contribution is 4.97. The second kappa shape index (κ2) is 5.31. The van der Waals surface area contributed by atoms with Crippen LogP contribution in [0, 0.1) is 0 Å². The van der Waals surface area contributed by atoms with Crippen molar-refractivity contribution in [3.05, 3.63) is 18.2 Å². The van der Waals surface area contributed by atoms with Crippen LogP contribution in [0.15, 0.2) is 12.4 Å². The maximum absolute atomic E-state index is 10.5. The molecule has 0 saturated heterocycles. The summed E-state index contributed by atoms with van der Waals surface area (Å²) in [6.45, 7) is 4.22. The van der Waals surface area contributed by atoms with Crippen molar-refractivity contribution in [1.29, 1.82) is 0 Å². The average molecular weight is 210 g/mol. The molecule has 1 rings (SSSR count). The Labute approximate surface area is 92.1 Å². The van der Waals surface area contributed by atoms with E-state index in [-0.39, 0.29) is 0 Å². The number of hydrogen-bond donors (Lipinski definition) is 1. The molecule has 1 heterocycles. The maximum atomic E-state index is 10.5. The average Bonchev–Trinajstić information content (AvgIpc) is 2.52. The fraction of sp³-hybridized carbons (Fsp3) is 0.750. The number of aromatic nitrogens is 2. The van der Waals surface area contributed by atoms with E-state index in [2.05, 4.69) is 18.8 Å². The number of aliphatic hydroxyl groups is 1. The van der Waals surface area contributed by atoms with Gasteiger partial charge in [-0.25, -0.2) is 4.98 Å². The Kier molecular flexibility index (Phi) is 4.33. The summed E-state index contributed by atoms with van der Waals surface area (Å²) in [5.74, 6) is 0.972. The summed E-state index contributed by atoms with van der Waals surface area (Å²) in [5, 5.41) is 10.5. The Bertz CT molecular complexity index is 288. The Morgan fingerprint density at radius 2 is 1.93 bits per heavy atom. The third kappa shape index (κ3) is 3.34. The number of nitrogens with zero attached hydrogens (tertiary/aromatic N) is 2. The molecular formula is C12H22N2O. The highest BCUT2D eigenvalue weighted by Crippen LogP contribution is 2.23. The summed E-state index contributed by atoms with van der Waals surface area (Å²) < 4.78 is 1.98. The van der Waals surface area contributed by atoms with Crippen molar-refractivity contribution in [3.8, 4) is 0 Å². The summed E-state index contributed by atoms with van der Waals surface area (Å²) in [7, 11) is 1.97. The molecule has 0 aliphatic carbocycles. The van der Waals surface area contributed by atoms with E-state index < -0.39 is 5.60 Å². The quantitative estimate of drug-likeness (QED) is 0.782. The smallest absolute Gasteiger partial charge is 0.111 e. The topological polar surface area (TPSA) is 38.1 Å². The van der Waals surface area contributed by atoms with Gasteiger partial charge in [0.05, 0.1) is 5.60 Å². The van der Waals surface area contributed by atoms with E-state index in [0.29, 0.717) is 6.42 Å². The Balaban J connectivity index is 2.70. The van der Waals surface area contributed by atoms with Gasteiger partial charge in [-0.05, 0) is 12.8 Å². The van der Waals surface area contributed by atoms with Crippen molar-refractivity contribution < 1.29 is 5.11 Å². The molecule has 1 N–H and O–H groups in total. The fourth-order valence-electron chi connectivity index (χ4n) is 2.09. The Morgan fingerprint density at radius 3 is 2.33 bits per heavy atom. The zero-order valence-electron chi connectivity index (χ0n) is 10.0. The molecule has 0 fully saturated rings. The minimum Gasteiger partial charge on any atom is -0.389 e. The summed E-state index contributed by atoms with van der Waals surface area (Å²) >= 11 is 0. The van der Waals surface area contributed by atoms with Gasteiger partial charge in [-0.2, -0.15) is 0 Å². The van der Waals surface area contributed by atoms with Crippen molar-refractivity contribution in [3.63, 3.8) is 0 Å². The van der Waals surface area contributed by atoms with Crippen molar-refractivity contribution in [1.82, 2.24) is 9.55 Å². The summed E-state index contributed by atoms with van der Waals surface area (Å²) in [4.78, 5) is 4.27. The van der Waals surface area contributed by atoms with E-state index in [1.165, 1.54) is 0 Å². The van der Waals surface area contributed by atoms with Crippen molar-refractivity contribution in [2.75, 3.05) is 0 Å². The highest BCUT2D eigenvalue weighted by Gasteiger charge is 2.26. The van der Waals surface area contributed by atoms with Gasteiger partial charge in [0, 0.05) is 25.9 Å². The van der Waals surface area contributed by atoms with Gasteiger partial charge in [0.25, 0.3) is 0 Å². The highest BCUT2D eigenvalue weighted by atomic mass is 16.3. The molecule has 1 aromatic rings. The van der Waals surface area contributed by atoms with Crippen LogP contribution >= 0.6 is 0 Å². The molecule has 0 radical (unpaired) electrons. The zero-order chi connectivity index (χ0) is 11.3. The summed E-state index contributed by atoms with van der Waals surface area (Å²) in [6, 6.07) is 0. The molecule has 1 aromatic heterocycles. The molecule has 3 heteroatoms. The van der Waals surface area contributed by atoms with Crippen LogP contribution in [-0.4, -0.2) is 20.3 Å². The first-order valence-corrected chi connectivity index (χ1v) is 5.80. The van der Waals surface area contributed by atoms with Crippen LogP contribution in [0.1, 0.15) is 45.4 Å². The number of aryl methyl sites for hydroxylation is 1. The first-order chi connectivity index (χ1) is 7.11. The van der Waals surface area contributed by atoms with Gasteiger partial charge in [0.1, 0.15) is 5.82 Å². The van der Waals surface area contributed by atoms with Crippen LogP contribution in [0.4, 0.5) is 0 Å². The lowest BCUT2D eigenvalue weighted by Crippen LogP contribution is -2.32. The monoisotopic (exact) mass is 210 g/mol. The van der Waals surface area contributed by atoms with Crippen molar-refractivity contribution >= 4 is 0 Å². The second-order valence-corrected chi connectivity index (χ2v) is 4.36. The van der Waals surface area contributed by atoms with Crippen LogP contribution in [0.2, 0.25) is 0 Å². The van der Waals surface area contributed by atoms with E-state index >= 15 is 0 Å². The molecule has 15 heavy (non-hydrogen) atoms. The molecule has 0 atom stereocenters. The first-order valence-electron chi connectivity index (χ1n) is 5.80.